The number of amides is 3. The second-order valence-electron chi connectivity index (χ2n) is 5.80. The van der Waals surface area contributed by atoms with Crippen LogP contribution in [0.1, 0.15) is 16.7 Å². The van der Waals surface area contributed by atoms with Gasteiger partial charge in [0.1, 0.15) is 5.75 Å². The number of nitrogens with zero attached hydrogens (tertiary/aromatic N) is 1. The van der Waals surface area contributed by atoms with E-state index in [1.165, 1.54) is 6.21 Å². The number of ether oxygens (including phenoxy) is 1. The largest absolute Gasteiger partial charge is 0.484 e. The summed E-state index contributed by atoms with van der Waals surface area (Å²) in [5.41, 5.74) is 10.3. The maximum Gasteiger partial charge on any atom is 0.329 e. The summed E-state index contributed by atoms with van der Waals surface area (Å²) in [5, 5.41) is 6.28. The highest BCUT2D eigenvalue weighted by molar-refractivity contribution is 6.39. The molecule has 27 heavy (non-hydrogen) atoms. The zero-order chi connectivity index (χ0) is 19.8. The van der Waals surface area contributed by atoms with Crippen LogP contribution in [-0.2, 0) is 14.4 Å². The zero-order valence-electron chi connectivity index (χ0n) is 15.0. The van der Waals surface area contributed by atoms with Crippen molar-refractivity contribution in [2.75, 3.05) is 11.9 Å². The van der Waals surface area contributed by atoms with Crippen LogP contribution in [0.3, 0.4) is 0 Å². The summed E-state index contributed by atoms with van der Waals surface area (Å²) in [4.78, 5) is 34.4. The van der Waals surface area contributed by atoms with Gasteiger partial charge >= 0.3 is 11.8 Å². The van der Waals surface area contributed by atoms with Crippen molar-refractivity contribution < 1.29 is 19.1 Å². The molecule has 3 amide bonds. The van der Waals surface area contributed by atoms with Crippen LogP contribution in [0.4, 0.5) is 5.69 Å². The van der Waals surface area contributed by atoms with Crippen molar-refractivity contribution in [3.8, 4) is 5.75 Å². The number of hydrogen-bond donors (Lipinski definition) is 3. The number of primary amides is 1. The lowest BCUT2D eigenvalue weighted by Crippen LogP contribution is -2.32. The van der Waals surface area contributed by atoms with Crippen LogP contribution in [0.25, 0.3) is 0 Å². The molecular weight excluding hydrogens is 348 g/mol. The van der Waals surface area contributed by atoms with Crippen LogP contribution in [-0.4, -0.2) is 30.5 Å². The van der Waals surface area contributed by atoms with E-state index in [1.807, 2.05) is 26.0 Å². The minimum absolute atomic E-state index is 0.209. The van der Waals surface area contributed by atoms with Gasteiger partial charge in [-0.2, -0.15) is 5.10 Å². The van der Waals surface area contributed by atoms with Gasteiger partial charge in [-0.1, -0.05) is 17.7 Å². The first-order valence-corrected chi connectivity index (χ1v) is 8.08. The molecule has 8 heteroatoms. The third-order valence-corrected chi connectivity index (χ3v) is 3.48. The van der Waals surface area contributed by atoms with E-state index in [9.17, 15) is 14.4 Å². The molecule has 0 fully saturated rings. The fraction of sp³-hybridized carbons (Fsp3) is 0.158. The van der Waals surface area contributed by atoms with E-state index >= 15 is 0 Å². The Hall–Kier alpha value is -3.68. The molecule has 4 N–H and O–H groups in total. The fourth-order valence-electron chi connectivity index (χ4n) is 2.15. The Morgan fingerprint density at radius 1 is 1.07 bits per heavy atom. The van der Waals surface area contributed by atoms with Gasteiger partial charge < -0.3 is 15.8 Å². The van der Waals surface area contributed by atoms with E-state index in [-0.39, 0.29) is 6.61 Å². The Morgan fingerprint density at radius 3 is 2.41 bits per heavy atom. The Kier molecular flexibility index (Phi) is 6.65. The van der Waals surface area contributed by atoms with Gasteiger partial charge in [0.2, 0.25) is 0 Å². The van der Waals surface area contributed by atoms with Gasteiger partial charge in [-0.05, 0) is 55.3 Å². The predicted molar refractivity (Wildman–Crippen MR) is 101 cm³/mol. The molecule has 2 aromatic carbocycles. The van der Waals surface area contributed by atoms with Crippen molar-refractivity contribution >= 4 is 29.6 Å². The summed E-state index contributed by atoms with van der Waals surface area (Å²) in [5.74, 6) is -1.78. The number of nitrogens with one attached hydrogen (secondary N) is 2. The number of carbonyl (C=O) groups is 3. The lowest BCUT2D eigenvalue weighted by molar-refractivity contribution is -0.136. The molecule has 0 atom stereocenters. The van der Waals surface area contributed by atoms with Gasteiger partial charge in [0.05, 0.1) is 6.21 Å². The molecule has 0 aliphatic carbocycles. The maximum atomic E-state index is 11.9. The highest BCUT2D eigenvalue weighted by Gasteiger charge is 2.13. The monoisotopic (exact) mass is 368 g/mol. The molecule has 0 aromatic heterocycles. The summed E-state index contributed by atoms with van der Waals surface area (Å²) < 4.78 is 5.13. The summed E-state index contributed by atoms with van der Waals surface area (Å²) in [7, 11) is 0. The minimum atomic E-state index is -0.882. The van der Waals surface area contributed by atoms with E-state index in [0.717, 1.165) is 11.1 Å². The fourth-order valence-corrected chi connectivity index (χ4v) is 2.15. The van der Waals surface area contributed by atoms with Gasteiger partial charge in [-0.15, -0.1) is 0 Å². The second kappa shape index (κ2) is 9.14. The van der Waals surface area contributed by atoms with E-state index in [4.69, 9.17) is 10.5 Å². The van der Waals surface area contributed by atoms with E-state index in [0.29, 0.717) is 17.0 Å². The third kappa shape index (κ3) is 6.28. The van der Waals surface area contributed by atoms with Crippen molar-refractivity contribution in [3.63, 3.8) is 0 Å². The molecule has 0 radical (unpaired) electrons. The van der Waals surface area contributed by atoms with E-state index < -0.39 is 17.7 Å². The van der Waals surface area contributed by atoms with Gasteiger partial charge in [0, 0.05) is 5.69 Å². The molecular formula is C19H20N4O4. The molecule has 0 saturated heterocycles. The number of anilines is 1. The van der Waals surface area contributed by atoms with Crippen LogP contribution >= 0.6 is 0 Å². The summed E-state index contributed by atoms with van der Waals surface area (Å²) in [6.45, 7) is 3.57. The highest BCUT2D eigenvalue weighted by Crippen LogP contribution is 2.15. The number of benzene rings is 2. The Labute approximate surface area is 156 Å². The van der Waals surface area contributed by atoms with Crippen molar-refractivity contribution in [1.29, 1.82) is 0 Å². The van der Waals surface area contributed by atoms with Crippen molar-refractivity contribution in [3.05, 3.63) is 59.2 Å². The minimum Gasteiger partial charge on any atom is -0.484 e. The number of carbonyl (C=O) groups excluding carboxylic acids is 3. The number of nitrogens with two attached hydrogens (primary N) is 1. The van der Waals surface area contributed by atoms with Crippen LogP contribution < -0.4 is 21.2 Å². The van der Waals surface area contributed by atoms with Crippen LogP contribution in [0.15, 0.2) is 47.6 Å². The Bertz CT molecular complexity index is 876. The quantitative estimate of drug-likeness (QED) is 0.403. The molecule has 0 unspecified atom stereocenters. The predicted octanol–water partition coefficient (Wildman–Crippen LogP) is 1.26. The first-order chi connectivity index (χ1) is 12.8. The molecule has 0 bridgehead atoms. The van der Waals surface area contributed by atoms with Gasteiger partial charge in [0.25, 0.3) is 5.91 Å². The highest BCUT2D eigenvalue weighted by atomic mass is 16.5. The first-order valence-electron chi connectivity index (χ1n) is 8.08. The lowest BCUT2D eigenvalue weighted by Gasteiger charge is -2.08. The van der Waals surface area contributed by atoms with Gasteiger partial charge in [-0.25, -0.2) is 5.43 Å². The molecule has 0 aliphatic rings. The summed E-state index contributed by atoms with van der Waals surface area (Å²) >= 11 is 0. The molecule has 0 heterocycles. The van der Waals surface area contributed by atoms with Crippen LogP contribution in [0.2, 0.25) is 0 Å². The molecule has 0 aliphatic heterocycles. The lowest BCUT2D eigenvalue weighted by atomic mass is 10.1. The normalized spacial score (nSPS) is 10.4. The summed E-state index contributed by atoms with van der Waals surface area (Å²) in [6.07, 6.45) is 1.38. The first kappa shape index (κ1) is 19.6. The van der Waals surface area contributed by atoms with Gasteiger partial charge in [-0.3, -0.25) is 14.4 Å². The standard InChI is InChI=1S/C19H20N4O4/c1-12-3-8-16(13(2)9-12)22-18(25)19(26)23-21-10-14-4-6-15(7-5-14)27-11-17(20)24/h3-10H,11H2,1-2H3,(H2,20,24)(H,22,25)(H,23,26)/b21-10+. The average Bonchev–Trinajstić information content (AvgIpc) is 2.63. The molecule has 2 rings (SSSR count). The molecule has 8 nitrogen and oxygen atoms in total. The van der Waals surface area contributed by atoms with Crippen molar-refractivity contribution in [2.24, 2.45) is 10.8 Å². The molecule has 0 saturated carbocycles. The van der Waals surface area contributed by atoms with Crippen molar-refractivity contribution in [1.82, 2.24) is 5.43 Å². The van der Waals surface area contributed by atoms with Gasteiger partial charge in [0.15, 0.2) is 6.61 Å². The van der Waals surface area contributed by atoms with Crippen molar-refractivity contribution in [2.45, 2.75) is 13.8 Å². The van der Waals surface area contributed by atoms with Crippen LogP contribution in [0, 0.1) is 13.8 Å². The second-order valence-corrected chi connectivity index (χ2v) is 5.80. The zero-order valence-corrected chi connectivity index (χ0v) is 15.0. The SMILES string of the molecule is Cc1ccc(NC(=O)C(=O)N/N=C/c2ccc(OCC(N)=O)cc2)c(C)c1. The number of aryl methyl sites for hydroxylation is 2. The Balaban J connectivity index is 1.86. The molecule has 2 aromatic rings. The number of hydrazone groups is 1. The number of rotatable bonds is 6. The van der Waals surface area contributed by atoms with E-state index in [2.05, 4.69) is 15.8 Å². The average molecular weight is 368 g/mol. The Morgan fingerprint density at radius 2 is 1.78 bits per heavy atom. The third-order valence-electron chi connectivity index (χ3n) is 3.48. The summed E-state index contributed by atoms with van der Waals surface area (Å²) in [6, 6.07) is 12.1. The van der Waals surface area contributed by atoms with Crippen LogP contribution in [0.5, 0.6) is 5.75 Å². The molecule has 0 spiro atoms. The topological polar surface area (TPSA) is 123 Å². The van der Waals surface area contributed by atoms with E-state index in [1.54, 1.807) is 30.3 Å². The smallest absolute Gasteiger partial charge is 0.329 e. The number of hydrogen-bond acceptors (Lipinski definition) is 5. The molecule has 140 valence electrons. The maximum absolute atomic E-state index is 11.9.